The third-order valence-electron chi connectivity index (χ3n) is 15.0. The fourth-order valence-corrected chi connectivity index (χ4v) is 11.5. The van der Waals surface area contributed by atoms with Gasteiger partial charge in [-0.1, -0.05) is 58.5 Å². The number of hydrogen-bond acceptors (Lipinski definition) is 12. The predicted molar refractivity (Wildman–Crippen MR) is 308 cm³/mol. The van der Waals surface area contributed by atoms with Crippen LogP contribution in [-0.2, 0) is 54.6 Å². The van der Waals surface area contributed by atoms with Gasteiger partial charge in [-0.05, 0) is 104 Å². The molecule has 79 heavy (non-hydrogen) atoms. The second-order valence-corrected chi connectivity index (χ2v) is 22.3. The molecule has 430 valence electrons. The number of benzene rings is 4. The van der Waals surface area contributed by atoms with Gasteiger partial charge in [0, 0.05) is 162 Å². The minimum absolute atomic E-state index is 0.0895. The number of methoxy groups -OCH3 is 2. The van der Waals surface area contributed by atoms with Gasteiger partial charge in [0.05, 0.1) is 26.3 Å². The molecular formula is C57H74Cl4F2N10O6. The average molecular weight is 1180 g/mol. The van der Waals surface area contributed by atoms with Gasteiger partial charge in [-0.2, -0.15) is 0 Å². The zero-order chi connectivity index (χ0) is 56.8. The molecule has 0 unspecified atom stereocenters. The second-order valence-electron chi connectivity index (χ2n) is 20.6. The van der Waals surface area contributed by atoms with Crippen molar-refractivity contribution in [1.29, 1.82) is 0 Å². The third kappa shape index (κ3) is 16.9. The Hall–Kier alpha value is -4.86. The molecule has 4 amide bonds. The summed E-state index contributed by atoms with van der Waals surface area (Å²) in [7, 11) is 5.32. The van der Waals surface area contributed by atoms with Gasteiger partial charge < -0.3 is 54.8 Å². The van der Waals surface area contributed by atoms with Crippen LogP contribution in [0.2, 0.25) is 20.1 Å². The van der Waals surface area contributed by atoms with Gasteiger partial charge in [0.2, 0.25) is 23.6 Å². The number of nitrogens with one attached hydrogen (secondary N) is 3. The number of rotatable bonds is 20. The molecule has 4 aliphatic heterocycles. The Bertz CT molecular complexity index is 2720. The van der Waals surface area contributed by atoms with E-state index in [-0.39, 0.29) is 60.4 Å². The first kappa shape index (κ1) is 61.8. The summed E-state index contributed by atoms with van der Waals surface area (Å²) in [6, 6.07) is 19.1. The van der Waals surface area contributed by atoms with Gasteiger partial charge in [0.25, 0.3) is 0 Å². The number of hydrogen-bond donors (Lipinski definition) is 3. The number of ether oxygens (including phenoxy) is 2. The molecule has 4 atom stereocenters. The molecule has 4 fully saturated rings. The van der Waals surface area contributed by atoms with E-state index in [4.69, 9.17) is 55.9 Å². The van der Waals surface area contributed by atoms with Gasteiger partial charge in [-0.15, -0.1) is 0 Å². The van der Waals surface area contributed by atoms with Crippen LogP contribution in [-0.4, -0.2) is 198 Å². The van der Waals surface area contributed by atoms with Crippen LogP contribution >= 0.6 is 46.4 Å². The third-order valence-corrected chi connectivity index (χ3v) is 16.2. The van der Waals surface area contributed by atoms with Crippen molar-refractivity contribution in [3.05, 3.63) is 127 Å². The van der Waals surface area contributed by atoms with Crippen LogP contribution in [0.15, 0.2) is 72.8 Å². The maximum absolute atomic E-state index is 14.2. The molecule has 4 heterocycles. The fraction of sp³-hybridized carbons (Fsp3) is 0.509. The summed E-state index contributed by atoms with van der Waals surface area (Å²) in [5.74, 6) is -0.942. The molecule has 0 aromatic heterocycles. The second kappa shape index (κ2) is 29.7. The molecule has 4 aromatic rings. The first-order chi connectivity index (χ1) is 37.9. The predicted octanol–water partition coefficient (Wildman–Crippen LogP) is 6.24. The molecule has 4 saturated heterocycles. The lowest BCUT2D eigenvalue weighted by molar-refractivity contribution is -0.146. The van der Waals surface area contributed by atoms with Crippen LogP contribution in [0.1, 0.15) is 36.1 Å². The molecule has 8 rings (SSSR count). The van der Waals surface area contributed by atoms with Crippen molar-refractivity contribution in [3.8, 4) is 0 Å². The monoisotopic (exact) mass is 1170 g/mol. The van der Waals surface area contributed by atoms with E-state index in [2.05, 4.69) is 37.6 Å². The minimum atomic E-state index is -0.655. The first-order valence-electron chi connectivity index (χ1n) is 26.9. The largest absolute Gasteiger partial charge is 0.383 e. The van der Waals surface area contributed by atoms with E-state index in [1.165, 1.54) is 12.1 Å². The quantitative estimate of drug-likeness (QED) is 0.0922. The summed E-state index contributed by atoms with van der Waals surface area (Å²) in [4.78, 5) is 66.9. The molecule has 22 heteroatoms. The molecule has 16 nitrogen and oxygen atoms in total. The molecule has 0 aliphatic carbocycles. The summed E-state index contributed by atoms with van der Waals surface area (Å²) < 4.78 is 38.8. The standard InChI is InChI=1S/C29H38Cl2FN5O3.C28H36Cl2FN5O3/c1-20(19-40-3)34(2)18-22-14-24(32)6-7-26(22)35-10-12-36(13-11-35)29(39)27(37-9-8-33-17-28(37)38)15-21-4-5-23(30)16-25(21)31;1-19(18-39-2)33-16-21-13-23(31)5-6-25(21)34-9-11-35(12-10-34)28(38)26(36-8-7-32-17-27(36)37)14-20-3-4-22(29)15-24(20)30/h4-7,14,16,20,27,33H,8-13,15,17-19H2,1-3H3;3-6,13,15,19,26,32-33H,7-12,14,16-18H2,1-2H3/t20-,27-;19-,26-/m11/s1. The molecule has 0 spiro atoms. The highest BCUT2D eigenvalue weighted by Crippen LogP contribution is 2.30. The zero-order valence-corrected chi connectivity index (χ0v) is 48.8. The molecule has 4 aromatic carbocycles. The number of carbonyl (C=O) groups excluding carboxylic acids is 4. The Morgan fingerprint density at radius 1 is 0.608 bits per heavy atom. The summed E-state index contributed by atoms with van der Waals surface area (Å²) in [5, 5.41) is 11.5. The zero-order valence-electron chi connectivity index (χ0n) is 45.7. The topological polar surface area (TPSA) is 146 Å². The van der Waals surface area contributed by atoms with E-state index < -0.39 is 12.1 Å². The minimum Gasteiger partial charge on any atom is -0.383 e. The van der Waals surface area contributed by atoms with Crippen molar-refractivity contribution in [3.63, 3.8) is 0 Å². The van der Waals surface area contributed by atoms with E-state index in [0.29, 0.717) is 138 Å². The number of piperazine rings is 4. The summed E-state index contributed by atoms with van der Waals surface area (Å²) >= 11 is 25.1. The molecule has 0 radical (unpaired) electrons. The molecule has 0 saturated carbocycles. The maximum Gasteiger partial charge on any atom is 0.245 e. The van der Waals surface area contributed by atoms with Crippen LogP contribution in [0.25, 0.3) is 0 Å². The number of carbonyl (C=O) groups is 4. The van der Waals surface area contributed by atoms with Crippen molar-refractivity contribution in [1.82, 2.24) is 40.4 Å². The van der Waals surface area contributed by atoms with Crippen LogP contribution < -0.4 is 25.8 Å². The molecular weight excluding hydrogens is 1100 g/mol. The Morgan fingerprint density at radius 3 is 1.48 bits per heavy atom. The lowest BCUT2D eigenvalue weighted by Gasteiger charge is -2.41. The van der Waals surface area contributed by atoms with E-state index in [1.54, 1.807) is 66.5 Å². The van der Waals surface area contributed by atoms with Crippen molar-refractivity contribution >= 4 is 81.4 Å². The van der Waals surface area contributed by atoms with Gasteiger partial charge in [0.1, 0.15) is 23.7 Å². The van der Waals surface area contributed by atoms with E-state index in [1.807, 2.05) is 42.0 Å². The van der Waals surface area contributed by atoms with Crippen LogP contribution in [0.5, 0.6) is 0 Å². The highest BCUT2D eigenvalue weighted by Gasteiger charge is 2.38. The van der Waals surface area contributed by atoms with E-state index in [9.17, 15) is 28.0 Å². The van der Waals surface area contributed by atoms with Crippen LogP contribution in [0.3, 0.4) is 0 Å². The van der Waals surface area contributed by atoms with Gasteiger partial charge >= 0.3 is 0 Å². The highest BCUT2D eigenvalue weighted by molar-refractivity contribution is 6.35. The molecule has 4 aliphatic rings. The number of anilines is 2. The van der Waals surface area contributed by atoms with E-state index in [0.717, 1.165) is 33.6 Å². The van der Waals surface area contributed by atoms with Gasteiger partial charge in [0.15, 0.2) is 0 Å². The summed E-state index contributed by atoms with van der Waals surface area (Å²) in [6.07, 6.45) is 0.628. The summed E-state index contributed by atoms with van der Waals surface area (Å²) in [5.41, 5.74) is 5.22. The van der Waals surface area contributed by atoms with Crippen molar-refractivity contribution < 1.29 is 37.4 Å². The van der Waals surface area contributed by atoms with Crippen LogP contribution in [0, 0.1) is 11.6 Å². The first-order valence-corrected chi connectivity index (χ1v) is 28.4. The lowest BCUT2D eigenvalue weighted by atomic mass is 10.0. The Balaban J connectivity index is 0.000000229. The summed E-state index contributed by atoms with van der Waals surface area (Å²) in [6.45, 7) is 13.3. The molecule has 3 N–H and O–H groups in total. The number of amides is 4. The Labute approximate surface area is 483 Å². The number of nitrogens with zero attached hydrogens (tertiary/aromatic N) is 7. The number of likely N-dealkylation sites (N-methyl/N-ethyl adjacent to an activating group) is 1. The SMILES string of the molecule is COC[C@@H](C)N(C)Cc1cc(F)ccc1N1CCN(C(=O)[C@@H](Cc2ccc(Cl)cc2Cl)N2CCNCC2=O)CC1.COC[C@@H](C)NCc1cc(F)ccc1N1CCN(C(=O)[C@@H](Cc2ccc(Cl)cc2Cl)N2CCNCC2=O)CC1. The smallest absolute Gasteiger partial charge is 0.245 e. The normalized spacial score (nSPS) is 17.9. The van der Waals surface area contributed by atoms with Crippen molar-refractivity contribution in [2.75, 3.05) is 136 Å². The number of halogens is 6. The van der Waals surface area contributed by atoms with Gasteiger partial charge in [-0.25, -0.2) is 8.78 Å². The van der Waals surface area contributed by atoms with Gasteiger partial charge in [-0.3, -0.25) is 24.1 Å². The molecule has 0 bridgehead atoms. The Kier molecular flexibility index (Phi) is 23.2. The highest BCUT2D eigenvalue weighted by atomic mass is 35.5. The van der Waals surface area contributed by atoms with Crippen molar-refractivity contribution in [2.24, 2.45) is 0 Å². The fourth-order valence-electron chi connectivity index (χ4n) is 10.5. The van der Waals surface area contributed by atoms with Crippen LogP contribution in [0.4, 0.5) is 20.2 Å². The van der Waals surface area contributed by atoms with Crippen molar-refractivity contribution in [2.45, 2.75) is 63.9 Å². The van der Waals surface area contributed by atoms with E-state index >= 15 is 0 Å². The Morgan fingerprint density at radius 2 is 1.05 bits per heavy atom. The lowest BCUT2D eigenvalue weighted by Crippen LogP contribution is -2.60. The maximum atomic E-state index is 14.2. The average Bonchev–Trinajstić information content (AvgIpc) is 3.49.